The number of nitrogens with one attached hydrogen (secondary N) is 1. The van der Waals surface area contributed by atoms with E-state index < -0.39 is 11.8 Å². The highest BCUT2D eigenvalue weighted by Crippen LogP contribution is 2.36. The van der Waals surface area contributed by atoms with Gasteiger partial charge in [-0.05, 0) is 30.2 Å². The van der Waals surface area contributed by atoms with Crippen molar-refractivity contribution in [3.8, 4) is 11.1 Å². The number of hydrogen-bond donors (Lipinski definition) is 1. The molecule has 1 aromatic heterocycles. The Labute approximate surface area is 213 Å². The number of benzene rings is 2. The predicted octanol–water partition coefficient (Wildman–Crippen LogP) is 5.06. The molecule has 1 fully saturated rings. The largest absolute Gasteiger partial charge is 0.465 e. The molecule has 0 bridgehead atoms. The maximum Gasteiger partial charge on any atom is 0.341 e. The number of esters is 1. The molecule has 1 N–H and O–H groups in total. The molecule has 35 heavy (non-hydrogen) atoms. The van der Waals surface area contributed by atoms with Crippen LogP contribution in [0.1, 0.15) is 21.5 Å². The molecule has 9 heteroatoms. The summed E-state index contributed by atoms with van der Waals surface area (Å²) < 4.78 is 18.4. The summed E-state index contributed by atoms with van der Waals surface area (Å²) in [4.78, 5) is 29.7. The van der Waals surface area contributed by atoms with E-state index in [0.717, 1.165) is 48.4 Å². The maximum atomic E-state index is 13.4. The fourth-order valence-electron chi connectivity index (χ4n) is 4.07. The SMILES string of the molecule is COC(=O)c1c(-c2ccc(C)cc2)csc1NC(=O)CN1CCN(Cc2ccc(F)c(Cl)c2)CC1. The van der Waals surface area contributed by atoms with E-state index in [4.69, 9.17) is 16.3 Å². The number of piperazine rings is 1. The molecule has 6 nitrogen and oxygen atoms in total. The third kappa shape index (κ3) is 6.27. The van der Waals surface area contributed by atoms with E-state index in [1.54, 1.807) is 12.1 Å². The number of ether oxygens (including phenoxy) is 1. The highest BCUT2D eigenvalue weighted by atomic mass is 35.5. The van der Waals surface area contributed by atoms with E-state index in [1.807, 2.05) is 36.6 Å². The molecule has 1 saturated heterocycles. The zero-order valence-electron chi connectivity index (χ0n) is 19.6. The van der Waals surface area contributed by atoms with Crippen molar-refractivity contribution >= 4 is 39.8 Å². The molecule has 0 unspecified atom stereocenters. The number of carbonyl (C=O) groups is 2. The molecule has 1 aliphatic rings. The highest BCUT2D eigenvalue weighted by Gasteiger charge is 2.24. The molecule has 0 radical (unpaired) electrons. The van der Waals surface area contributed by atoms with E-state index in [1.165, 1.54) is 24.5 Å². The quantitative estimate of drug-likeness (QED) is 0.446. The molecule has 4 rings (SSSR count). The fraction of sp³-hybridized carbons (Fsp3) is 0.308. The summed E-state index contributed by atoms with van der Waals surface area (Å²) in [5.41, 5.74) is 4.09. The summed E-state index contributed by atoms with van der Waals surface area (Å²) in [6, 6.07) is 12.7. The second-order valence-electron chi connectivity index (χ2n) is 8.56. The molecule has 0 spiro atoms. The third-order valence-electron chi connectivity index (χ3n) is 6.02. The maximum absolute atomic E-state index is 13.4. The lowest BCUT2D eigenvalue weighted by Gasteiger charge is -2.34. The molecule has 3 aromatic rings. The number of amides is 1. The van der Waals surface area contributed by atoms with Crippen LogP contribution in [-0.2, 0) is 16.1 Å². The highest BCUT2D eigenvalue weighted by molar-refractivity contribution is 7.15. The van der Waals surface area contributed by atoms with Gasteiger partial charge in [-0.3, -0.25) is 14.6 Å². The van der Waals surface area contributed by atoms with Gasteiger partial charge in [-0.1, -0.05) is 47.5 Å². The lowest BCUT2D eigenvalue weighted by atomic mass is 10.0. The van der Waals surface area contributed by atoms with Crippen molar-refractivity contribution < 1.29 is 18.7 Å². The Bertz CT molecular complexity index is 1210. The Morgan fingerprint density at radius 2 is 1.77 bits per heavy atom. The number of anilines is 1. The topological polar surface area (TPSA) is 61.9 Å². The summed E-state index contributed by atoms with van der Waals surface area (Å²) in [5.74, 6) is -1.07. The summed E-state index contributed by atoms with van der Waals surface area (Å²) in [6.07, 6.45) is 0. The normalized spacial score (nSPS) is 14.6. The first-order chi connectivity index (χ1) is 16.8. The summed E-state index contributed by atoms with van der Waals surface area (Å²) in [7, 11) is 1.34. The molecule has 184 valence electrons. The number of carbonyl (C=O) groups excluding carboxylic acids is 2. The van der Waals surface area contributed by atoms with Crippen molar-refractivity contribution in [2.75, 3.05) is 45.2 Å². The Hall–Kier alpha value is -2.78. The van der Waals surface area contributed by atoms with Gasteiger partial charge in [-0.25, -0.2) is 9.18 Å². The third-order valence-corrected chi connectivity index (χ3v) is 7.20. The van der Waals surface area contributed by atoms with Crippen LogP contribution < -0.4 is 5.32 Å². The summed E-state index contributed by atoms with van der Waals surface area (Å²) in [6.45, 7) is 5.94. The van der Waals surface area contributed by atoms with E-state index in [2.05, 4.69) is 15.1 Å². The van der Waals surface area contributed by atoms with E-state index in [9.17, 15) is 14.0 Å². The van der Waals surface area contributed by atoms with Crippen LogP contribution in [0, 0.1) is 12.7 Å². The lowest BCUT2D eigenvalue weighted by molar-refractivity contribution is -0.117. The standard InChI is InChI=1S/C26H27ClFN3O3S/c1-17-3-6-19(7-4-17)20-16-35-25(24(20)26(33)34-2)29-23(32)15-31-11-9-30(10-12-31)14-18-5-8-22(28)21(27)13-18/h3-8,13,16H,9-12,14-15H2,1-2H3,(H,29,32). The first-order valence-electron chi connectivity index (χ1n) is 11.3. The lowest BCUT2D eigenvalue weighted by Crippen LogP contribution is -2.48. The van der Waals surface area contributed by atoms with Crippen LogP contribution >= 0.6 is 22.9 Å². The molecule has 1 aliphatic heterocycles. The Balaban J connectivity index is 1.35. The predicted molar refractivity (Wildman–Crippen MR) is 138 cm³/mol. The minimum Gasteiger partial charge on any atom is -0.465 e. The monoisotopic (exact) mass is 515 g/mol. The van der Waals surface area contributed by atoms with Gasteiger partial charge in [0.1, 0.15) is 16.4 Å². The molecule has 2 heterocycles. The Morgan fingerprint density at radius 3 is 2.43 bits per heavy atom. The van der Waals surface area contributed by atoms with Crippen molar-refractivity contribution in [3.05, 3.63) is 75.4 Å². The van der Waals surface area contributed by atoms with Crippen molar-refractivity contribution in [2.45, 2.75) is 13.5 Å². The number of halogens is 2. The average Bonchev–Trinajstić information content (AvgIpc) is 3.26. The number of aryl methyl sites for hydroxylation is 1. The van der Waals surface area contributed by atoms with Gasteiger partial charge in [-0.15, -0.1) is 11.3 Å². The van der Waals surface area contributed by atoms with Gasteiger partial charge in [0.05, 0.1) is 18.7 Å². The summed E-state index contributed by atoms with van der Waals surface area (Å²) in [5, 5.41) is 5.40. The molecular weight excluding hydrogens is 489 g/mol. The van der Waals surface area contributed by atoms with Gasteiger partial charge in [0.15, 0.2) is 0 Å². The van der Waals surface area contributed by atoms with Crippen LogP contribution in [0.3, 0.4) is 0 Å². The first kappa shape index (κ1) is 25.3. The van der Waals surface area contributed by atoms with Crippen LogP contribution in [0.2, 0.25) is 5.02 Å². The van der Waals surface area contributed by atoms with Crippen molar-refractivity contribution in [1.82, 2.24) is 9.80 Å². The van der Waals surface area contributed by atoms with Crippen LogP contribution in [0.15, 0.2) is 47.8 Å². The minimum absolute atomic E-state index is 0.128. The van der Waals surface area contributed by atoms with Gasteiger partial charge in [0.25, 0.3) is 0 Å². The second-order valence-corrected chi connectivity index (χ2v) is 9.85. The van der Waals surface area contributed by atoms with Crippen LogP contribution in [0.5, 0.6) is 0 Å². The fourth-order valence-corrected chi connectivity index (χ4v) is 5.25. The molecule has 0 saturated carbocycles. The molecular formula is C26H27ClFN3O3S. The van der Waals surface area contributed by atoms with Gasteiger partial charge >= 0.3 is 5.97 Å². The smallest absolute Gasteiger partial charge is 0.341 e. The second kappa shape index (κ2) is 11.3. The zero-order chi connectivity index (χ0) is 24.9. The number of hydrogen-bond acceptors (Lipinski definition) is 6. The number of thiophene rings is 1. The molecule has 0 atom stereocenters. The molecule has 2 aromatic carbocycles. The van der Waals surface area contributed by atoms with Gasteiger partial charge < -0.3 is 10.1 Å². The van der Waals surface area contributed by atoms with Gasteiger partial charge in [0, 0.05) is 43.7 Å². The van der Waals surface area contributed by atoms with Gasteiger partial charge in [-0.2, -0.15) is 0 Å². The van der Waals surface area contributed by atoms with E-state index in [-0.39, 0.29) is 17.5 Å². The van der Waals surface area contributed by atoms with Gasteiger partial charge in [0.2, 0.25) is 5.91 Å². The van der Waals surface area contributed by atoms with Crippen LogP contribution in [0.4, 0.5) is 9.39 Å². The Morgan fingerprint density at radius 1 is 1.09 bits per heavy atom. The Kier molecular flexibility index (Phi) is 8.18. The average molecular weight is 516 g/mol. The van der Waals surface area contributed by atoms with Crippen molar-refractivity contribution in [3.63, 3.8) is 0 Å². The number of rotatable bonds is 7. The minimum atomic E-state index is -0.480. The number of methoxy groups -OCH3 is 1. The van der Waals surface area contributed by atoms with E-state index in [0.29, 0.717) is 17.1 Å². The van der Waals surface area contributed by atoms with Crippen molar-refractivity contribution in [2.24, 2.45) is 0 Å². The molecule has 1 amide bonds. The van der Waals surface area contributed by atoms with E-state index >= 15 is 0 Å². The van der Waals surface area contributed by atoms with Crippen LogP contribution in [-0.4, -0.2) is 61.5 Å². The molecule has 0 aliphatic carbocycles. The number of nitrogens with zero attached hydrogens (tertiary/aromatic N) is 2. The summed E-state index contributed by atoms with van der Waals surface area (Å²) >= 11 is 7.20. The first-order valence-corrected chi connectivity index (χ1v) is 12.5. The zero-order valence-corrected chi connectivity index (χ0v) is 21.2. The van der Waals surface area contributed by atoms with Crippen LogP contribution in [0.25, 0.3) is 11.1 Å². The van der Waals surface area contributed by atoms with Crippen molar-refractivity contribution in [1.29, 1.82) is 0 Å².